The Kier molecular flexibility index (Phi) is 7.79. The molecule has 0 bridgehead atoms. The molecule has 1 N–H and O–H groups in total. The van der Waals surface area contributed by atoms with Gasteiger partial charge >= 0.3 is 6.18 Å². The molecule has 0 aliphatic carbocycles. The third-order valence-electron chi connectivity index (χ3n) is 4.11. The number of halogens is 7. The third-order valence-corrected chi connectivity index (χ3v) is 4.11. The van der Waals surface area contributed by atoms with Gasteiger partial charge in [0, 0.05) is 25.1 Å². The monoisotopic (exact) mass is 443 g/mol. The molecule has 0 spiro atoms. The Morgan fingerprint density at radius 1 is 1.06 bits per heavy atom. The average molecular weight is 443 g/mol. The molecule has 2 rings (SSSR count). The van der Waals surface area contributed by atoms with Crippen LogP contribution in [0.25, 0.3) is 0 Å². The Hall–Kier alpha value is -3.36. The fraction of sp³-hybridized carbons (Fsp3) is 0.136. The first-order valence-electron chi connectivity index (χ1n) is 8.80. The van der Waals surface area contributed by atoms with Crippen LogP contribution in [0.3, 0.4) is 0 Å². The minimum Gasteiger partial charge on any atom is -0.348 e. The lowest BCUT2D eigenvalue weighted by Crippen LogP contribution is -2.26. The summed E-state index contributed by atoms with van der Waals surface area (Å²) in [5.74, 6) is -6.30. The molecule has 0 aliphatic heterocycles. The van der Waals surface area contributed by atoms with Crippen LogP contribution < -0.4 is 5.32 Å². The van der Waals surface area contributed by atoms with E-state index in [9.17, 15) is 35.5 Å². The highest BCUT2D eigenvalue weighted by Crippen LogP contribution is 2.33. The first kappa shape index (κ1) is 23.9. The summed E-state index contributed by atoms with van der Waals surface area (Å²) in [6.45, 7) is 2.86. The maximum absolute atomic E-state index is 14.5. The number of nitrogens with one attached hydrogen (secondary N) is 1. The third kappa shape index (κ3) is 6.31. The number of hydrogen-bond donors (Lipinski definition) is 1. The summed E-state index contributed by atoms with van der Waals surface area (Å²) in [6.07, 6.45) is -1.88. The first-order chi connectivity index (χ1) is 14.5. The molecule has 2 nitrogen and oxygen atoms in total. The maximum atomic E-state index is 14.5. The van der Waals surface area contributed by atoms with Crippen molar-refractivity contribution >= 4 is 5.91 Å². The topological polar surface area (TPSA) is 29.1 Å². The summed E-state index contributed by atoms with van der Waals surface area (Å²) in [7, 11) is 0. The van der Waals surface area contributed by atoms with Crippen LogP contribution in [0.15, 0.2) is 72.6 Å². The Labute approximate surface area is 173 Å². The Morgan fingerprint density at radius 2 is 1.68 bits per heavy atom. The van der Waals surface area contributed by atoms with E-state index in [1.165, 1.54) is 30.4 Å². The van der Waals surface area contributed by atoms with Gasteiger partial charge in [-0.1, -0.05) is 36.9 Å². The van der Waals surface area contributed by atoms with Crippen LogP contribution in [0.1, 0.15) is 21.5 Å². The van der Waals surface area contributed by atoms with E-state index in [1.54, 1.807) is 0 Å². The maximum Gasteiger partial charge on any atom is 0.416 e. The average Bonchev–Trinajstić information content (AvgIpc) is 2.66. The van der Waals surface area contributed by atoms with Crippen molar-refractivity contribution in [2.75, 3.05) is 6.54 Å². The molecular weight excluding hydrogens is 427 g/mol. The highest BCUT2D eigenvalue weighted by atomic mass is 19.4. The van der Waals surface area contributed by atoms with Gasteiger partial charge in [0.15, 0.2) is 0 Å². The smallest absolute Gasteiger partial charge is 0.348 e. The van der Waals surface area contributed by atoms with Crippen LogP contribution in [-0.2, 0) is 12.6 Å². The summed E-state index contributed by atoms with van der Waals surface area (Å²) < 4.78 is 94.1. The lowest BCUT2D eigenvalue weighted by molar-refractivity contribution is -0.138. The zero-order chi connectivity index (χ0) is 23.2. The van der Waals surface area contributed by atoms with Gasteiger partial charge in [-0.15, -0.1) is 0 Å². The van der Waals surface area contributed by atoms with E-state index in [1.807, 2.05) is 5.32 Å². The first-order valence-corrected chi connectivity index (χ1v) is 8.80. The van der Waals surface area contributed by atoms with Crippen molar-refractivity contribution in [3.8, 4) is 0 Å². The predicted molar refractivity (Wildman–Crippen MR) is 101 cm³/mol. The van der Waals surface area contributed by atoms with Gasteiger partial charge in [0.25, 0.3) is 5.91 Å². The van der Waals surface area contributed by atoms with Crippen molar-refractivity contribution in [3.63, 3.8) is 0 Å². The second kappa shape index (κ2) is 10.1. The van der Waals surface area contributed by atoms with E-state index in [4.69, 9.17) is 0 Å². The molecule has 164 valence electrons. The molecule has 0 saturated carbocycles. The van der Waals surface area contributed by atoms with Gasteiger partial charge in [-0.2, -0.15) is 13.2 Å². The molecular formula is C22H16F7NO. The Balaban J connectivity index is 2.17. The zero-order valence-electron chi connectivity index (χ0n) is 15.9. The summed E-state index contributed by atoms with van der Waals surface area (Å²) in [5.41, 5.74) is -2.30. The number of amides is 1. The van der Waals surface area contributed by atoms with Crippen LogP contribution >= 0.6 is 0 Å². The standard InChI is InChI=1S/C22H16F7NO/c1-2-5-14(10-13-6-3-4-7-16(13)22(27,28)29)17(24)8-9-30-21(31)20-18(25)11-15(23)12-19(20)26/h2-8,11-12H,1,9-10H2,(H,30,31)/b14-5-,17-8+. The van der Waals surface area contributed by atoms with E-state index >= 15 is 0 Å². The fourth-order valence-corrected chi connectivity index (χ4v) is 2.73. The highest BCUT2D eigenvalue weighted by Gasteiger charge is 2.33. The van der Waals surface area contributed by atoms with Gasteiger partial charge < -0.3 is 5.32 Å². The van der Waals surface area contributed by atoms with E-state index in [2.05, 4.69) is 6.58 Å². The SMILES string of the molecule is C=C/C=C(Cc1ccccc1C(F)(F)F)\C(F)=C/CNC(=O)c1c(F)cc(F)cc1F. The predicted octanol–water partition coefficient (Wildman–Crippen LogP) is 6.06. The quantitative estimate of drug-likeness (QED) is 0.409. The van der Waals surface area contributed by atoms with Gasteiger partial charge in [0.05, 0.1) is 5.56 Å². The van der Waals surface area contributed by atoms with Crippen molar-refractivity contribution < 1.29 is 35.5 Å². The normalized spacial score (nSPS) is 12.6. The Bertz CT molecular complexity index is 1020. The molecule has 0 aliphatic rings. The fourth-order valence-electron chi connectivity index (χ4n) is 2.73. The molecule has 0 heterocycles. The minimum absolute atomic E-state index is 0.153. The van der Waals surface area contributed by atoms with Crippen LogP contribution in [0.5, 0.6) is 0 Å². The number of hydrogen-bond acceptors (Lipinski definition) is 1. The number of benzene rings is 2. The lowest BCUT2D eigenvalue weighted by Gasteiger charge is -2.14. The van der Waals surface area contributed by atoms with Crippen molar-refractivity contribution in [2.24, 2.45) is 0 Å². The van der Waals surface area contributed by atoms with E-state index < -0.39 is 59.5 Å². The van der Waals surface area contributed by atoms with Crippen molar-refractivity contribution in [2.45, 2.75) is 12.6 Å². The number of rotatable bonds is 7. The lowest BCUT2D eigenvalue weighted by atomic mass is 9.98. The molecule has 31 heavy (non-hydrogen) atoms. The molecule has 0 fully saturated rings. The van der Waals surface area contributed by atoms with Crippen molar-refractivity contribution in [1.29, 1.82) is 0 Å². The molecule has 2 aromatic carbocycles. The van der Waals surface area contributed by atoms with Gasteiger partial charge in [0.2, 0.25) is 0 Å². The molecule has 0 saturated heterocycles. The van der Waals surface area contributed by atoms with E-state index in [0.717, 1.165) is 12.1 Å². The van der Waals surface area contributed by atoms with E-state index in [0.29, 0.717) is 12.1 Å². The number of carbonyl (C=O) groups is 1. The van der Waals surface area contributed by atoms with Gasteiger partial charge in [0.1, 0.15) is 28.8 Å². The molecule has 1 amide bonds. The van der Waals surface area contributed by atoms with Crippen LogP contribution in [0.2, 0.25) is 0 Å². The summed E-state index contributed by atoms with van der Waals surface area (Å²) >= 11 is 0. The summed E-state index contributed by atoms with van der Waals surface area (Å²) in [6, 6.07) is 5.29. The molecule has 0 radical (unpaired) electrons. The van der Waals surface area contributed by atoms with Crippen LogP contribution in [-0.4, -0.2) is 12.5 Å². The van der Waals surface area contributed by atoms with Gasteiger partial charge in [-0.3, -0.25) is 4.79 Å². The second-order valence-electron chi connectivity index (χ2n) is 6.27. The van der Waals surface area contributed by atoms with Crippen molar-refractivity contribution in [3.05, 3.63) is 107 Å². The van der Waals surface area contributed by atoms with Gasteiger partial charge in [-0.05, 0) is 23.3 Å². The highest BCUT2D eigenvalue weighted by molar-refractivity contribution is 5.94. The number of allylic oxidation sites excluding steroid dienone is 4. The largest absolute Gasteiger partial charge is 0.416 e. The zero-order valence-corrected chi connectivity index (χ0v) is 15.9. The van der Waals surface area contributed by atoms with Crippen LogP contribution in [0, 0.1) is 17.5 Å². The molecule has 0 aromatic heterocycles. The minimum atomic E-state index is -4.63. The molecule has 9 heteroatoms. The van der Waals surface area contributed by atoms with Crippen LogP contribution in [0.4, 0.5) is 30.7 Å². The molecule has 0 unspecified atom stereocenters. The molecule has 0 atom stereocenters. The molecule has 2 aromatic rings. The van der Waals surface area contributed by atoms with Crippen molar-refractivity contribution in [1.82, 2.24) is 5.32 Å². The second-order valence-corrected chi connectivity index (χ2v) is 6.27. The Morgan fingerprint density at radius 3 is 2.26 bits per heavy atom. The summed E-state index contributed by atoms with van der Waals surface area (Å²) in [4.78, 5) is 11.9. The van der Waals surface area contributed by atoms with Gasteiger partial charge in [-0.25, -0.2) is 17.6 Å². The van der Waals surface area contributed by atoms with E-state index in [-0.39, 0.29) is 11.1 Å². The number of carbonyl (C=O) groups excluding carboxylic acids is 1. The number of alkyl halides is 3. The summed E-state index contributed by atoms with van der Waals surface area (Å²) in [5, 5.41) is 2.04.